The van der Waals surface area contributed by atoms with Gasteiger partial charge in [0.05, 0.1) is 28.0 Å². The molecule has 31 heavy (non-hydrogen) atoms. The molecule has 0 saturated carbocycles. The van der Waals surface area contributed by atoms with Crippen molar-refractivity contribution in [1.82, 2.24) is 19.5 Å². The number of benzene rings is 1. The van der Waals surface area contributed by atoms with Crippen molar-refractivity contribution in [1.29, 1.82) is 0 Å². The number of carbonyl (C=O) groups is 1. The highest BCUT2D eigenvalue weighted by molar-refractivity contribution is 7.15. The minimum Gasteiger partial charge on any atom is -0.456 e. The number of aryl methyl sites for hydroxylation is 1. The number of ether oxygens (including phenoxy) is 1. The van der Waals surface area contributed by atoms with Crippen LogP contribution in [0, 0.1) is 12.7 Å². The van der Waals surface area contributed by atoms with Crippen LogP contribution in [0.2, 0.25) is 0 Å². The molecule has 0 aliphatic carbocycles. The maximum atomic E-state index is 13.3. The van der Waals surface area contributed by atoms with Gasteiger partial charge in [0.25, 0.3) is 11.3 Å². The van der Waals surface area contributed by atoms with Crippen molar-refractivity contribution in [2.75, 3.05) is 0 Å². The molecule has 4 heterocycles. The molecule has 5 rings (SSSR count). The van der Waals surface area contributed by atoms with Crippen LogP contribution in [0.1, 0.15) is 21.7 Å². The zero-order chi connectivity index (χ0) is 21.5. The maximum Gasteiger partial charge on any atom is 0.339 e. The molecule has 0 aliphatic rings. The van der Waals surface area contributed by atoms with Crippen LogP contribution in [0.5, 0.6) is 0 Å². The molecule has 0 saturated heterocycles. The van der Waals surface area contributed by atoms with Gasteiger partial charge < -0.3 is 9.26 Å². The van der Waals surface area contributed by atoms with Crippen LogP contribution in [-0.2, 0) is 11.3 Å². The Kier molecular flexibility index (Phi) is 4.55. The predicted molar refractivity (Wildman–Crippen MR) is 110 cm³/mol. The maximum absolute atomic E-state index is 13.3. The lowest BCUT2D eigenvalue weighted by Gasteiger charge is -2.08. The van der Waals surface area contributed by atoms with Crippen LogP contribution < -0.4 is 5.56 Å². The molecule has 0 spiro atoms. The van der Waals surface area contributed by atoms with Crippen molar-refractivity contribution in [3.63, 3.8) is 0 Å². The number of carbonyl (C=O) groups excluding carboxylic acids is 1. The Labute approximate surface area is 177 Å². The van der Waals surface area contributed by atoms with Gasteiger partial charge in [0, 0.05) is 23.2 Å². The van der Waals surface area contributed by atoms with E-state index in [2.05, 4.69) is 15.1 Å². The van der Waals surface area contributed by atoms with E-state index in [-0.39, 0.29) is 29.3 Å². The summed E-state index contributed by atoms with van der Waals surface area (Å²) in [5, 5.41) is 6.06. The average Bonchev–Trinajstić information content (AvgIpc) is 3.39. The monoisotopic (exact) mass is 436 g/mol. The van der Waals surface area contributed by atoms with Crippen molar-refractivity contribution in [2.24, 2.45) is 0 Å². The van der Waals surface area contributed by atoms with Gasteiger partial charge >= 0.3 is 5.97 Å². The summed E-state index contributed by atoms with van der Waals surface area (Å²) in [7, 11) is 0. The second-order valence-electron chi connectivity index (χ2n) is 6.73. The molecule has 5 aromatic rings. The summed E-state index contributed by atoms with van der Waals surface area (Å²) in [6.07, 6.45) is 1.63. The van der Waals surface area contributed by atoms with Gasteiger partial charge in [-0.15, -0.1) is 11.3 Å². The molecular weight excluding hydrogens is 423 g/mol. The van der Waals surface area contributed by atoms with Gasteiger partial charge in [0.2, 0.25) is 0 Å². The second kappa shape index (κ2) is 7.40. The van der Waals surface area contributed by atoms with Crippen LogP contribution in [0.15, 0.2) is 57.3 Å². The lowest BCUT2D eigenvalue weighted by Crippen LogP contribution is -2.15. The number of thiazole rings is 1. The van der Waals surface area contributed by atoms with Crippen LogP contribution >= 0.6 is 11.3 Å². The molecule has 0 N–H and O–H groups in total. The zero-order valence-electron chi connectivity index (χ0n) is 16.0. The molecular formula is C21H13FN4O4S. The lowest BCUT2D eigenvalue weighted by atomic mass is 10.1. The van der Waals surface area contributed by atoms with Gasteiger partial charge in [0.1, 0.15) is 12.4 Å². The Bertz CT molecular complexity index is 1500. The summed E-state index contributed by atoms with van der Waals surface area (Å²) < 4.78 is 25.4. The van der Waals surface area contributed by atoms with Crippen molar-refractivity contribution in [3.05, 3.63) is 81.1 Å². The molecule has 0 radical (unpaired) electrons. The minimum atomic E-state index is -0.643. The number of nitrogens with zero attached hydrogens (tertiary/aromatic N) is 4. The Balaban J connectivity index is 1.50. The molecule has 0 bridgehead atoms. The Hall–Kier alpha value is -3.92. The first-order valence-corrected chi connectivity index (χ1v) is 10.0. The summed E-state index contributed by atoms with van der Waals surface area (Å²) in [6.45, 7) is 1.51. The van der Waals surface area contributed by atoms with Crippen LogP contribution in [0.3, 0.4) is 0 Å². The second-order valence-corrected chi connectivity index (χ2v) is 7.60. The fourth-order valence-corrected chi connectivity index (χ4v) is 3.94. The third-order valence-electron chi connectivity index (χ3n) is 4.68. The molecule has 10 heteroatoms. The van der Waals surface area contributed by atoms with Crippen LogP contribution in [0.25, 0.3) is 27.3 Å². The van der Waals surface area contributed by atoms with Gasteiger partial charge in [-0.05, 0) is 37.3 Å². The molecule has 0 fully saturated rings. The highest BCUT2D eigenvalue weighted by atomic mass is 32.1. The molecule has 4 aromatic heterocycles. The topological polar surface area (TPSA) is 99.6 Å². The number of pyridine rings is 1. The quantitative estimate of drug-likeness (QED) is 0.396. The number of hydrogen-bond donors (Lipinski definition) is 0. The molecule has 154 valence electrons. The fourth-order valence-electron chi connectivity index (χ4n) is 3.20. The number of aromatic nitrogens is 4. The van der Waals surface area contributed by atoms with Crippen LogP contribution in [-0.4, -0.2) is 25.5 Å². The highest BCUT2D eigenvalue weighted by Gasteiger charge is 2.21. The predicted octanol–water partition coefficient (Wildman–Crippen LogP) is 3.76. The van der Waals surface area contributed by atoms with E-state index in [0.717, 1.165) is 0 Å². The van der Waals surface area contributed by atoms with Crippen molar-refractivity contribution >= 4 is 33.4 Å². The van der Waals surface area contributed by atoms with Gasteiger partial charge in [-0.25, -0.2) is 19.2 Å². The molecule has 1 aromatic carbocycles. The molecule has 8 nitrogen and oxygen atoms in total. The van der Waals surface area contributed by atoms with Crippen molar-refractivity contribution in [3.8, 4) is 11.3 Å². The Morgan fingerprint density at radius 2 is 2.03 bits per heavy atom. The van der Waals surface area contributed by atoms with E-state index in [1.165, 1.54) is 33.9 Å². The normalized spacial score (nSPS) is 11.3. The van der Waals surface area contributed by atoms with Gasteiger partial charge in [-0.3, -0.25) is 9.20 Å². The third kappa shape index (κ3) is 3.46. The number of esters is 1. The van der Waals surface area contributed by atoms with E-state index < -0.39 is 5.97 Å². The lowest BCUT2D eigenvalue weighted by molar-refractivity contribution is 0.0470. The summed E-state index contributed by atoms with van der Waals surface area (Å²) in [5.41, 5.74) is 1.95. The number of rotatable bonds is 4. The van der Waals surface area contributed by atoms with E-state index in [1.807, 2.05) is 0 Å². The summed E-state index contributed by atoms with van der Waals surface area (Å²) in [5.74, 6) is -1.03. The van der Waals surface area contributed by atoms with Gasteiger partial charge in [0.15, 0.2) is 4.96 Å². The van der Waals surface area contributed by atoms with Crippen molar-refractivity contribution < 1.29 is 18.4 Å². The Morgan fingerprint density at radius 3 is 2.84 bits per heavy atom. The van der Waals surface area contributed by atoms with E-state index in [9.17, 15) is 14.0 Å². The SMILES string of the molecule is Cc1noc2nc(-c3ccc(F)cc3)cc(C(=O)OCc3cc(=O)n4ccsc4n3)c12. The van der Waals surface area contributed by atoms with E-state index in [1.54, 1.807) is 36.7 Å². The van der Waals surface area contributed by atoms with E-state index in [0.29, 0.717) is 33.0 Å². The molecule has 0 aliphatic heterocycles. The van der Waals surface area contributed by atoms with Gasteiger partial charge in [-0.2, -0.15) is 0 Å². The molecule has 0 unspecified atom stereocenters. The number of halogens is 1. The largest absolute Gasteiger partial charge is 0.456 e. The van der Waals surface area contributed by atoms with E-state index in [4.69, 9.17) is 9.26 Å². The summed E-state index contributed by atoms with van der Waals surface area (Å²) in [4.78, 5) is 34.3. The number of fused-ring (bicyclic) bond motifs is 2. The third-order valence-corrected chi connectivity index (χ3v) is 5.44. The van der Waals surface area contributed by atoms with Crippen molar-refractivity contribution in [2.45, 2.75) is 13.5 Å². The smallest absolute Gasteiger partial charge is 0.339 e. The average molecular weight is 436 g/mol. The summed E-state index contributed by atoms with van der Waals surface area (Å²) >= 11 is 1.31. The first-order chi connectivity index (χ1) is 15.0. The van der Waals surface area contributed by atoms with E-state index >= 15 is 0 Å². The summed E-state index contributed by atoms with van der Waals surface area (Å²) in [6, 6.07) is 8.58. The first-order valence-electron chi connectivity index (χ1n) is 9.15. The molecule has 0 amide bonds. The van der Waals surface area contributed by atoms with Gasteiger partial charge in [-0.1, -0.05) is 5.16 Å². The highest BCUT2D eigenvalue weighted by Crippen LogP contribution is 2.28. The minimum absolute atomic E-state index is 0.169. The van der Waals surface area contributed by atoms with Crippen LogP contribution in [0.4, 0.5) is 4.39 Å². The first kappa shape index (κ1) is 19.1. The number of hydrogen-bond acceptors (Lipinski definition) is 8. The standard InChI is InChI=1S/C21H13FN4O4S/c1-11-18-15(9-16(24-19(18)30-25-11)12-2-4-13(22)5-3-12)20(28)29-10-14-8-17(27)26-6-7-31-21(26)23-14/h2-9H,10H2,1H3. The Morgan fingerprint density at radius 1 is 1.23 bits per heavy atom. The molecule has 0 atom stereocenters. The fraction of sp³-hybridized carbons (Fsp3) is 0.0952. The zero-order valence-corrected chi connectivity index (χ0v) is 16.9.